The highest BCUT2D eigenvalue weighted by Gasteiger charge is 2.20. The summed E-state index contributed by atoms with van der Waals surface area (Å²) in [6.45, 7) is -0.367. The number of carbonyl (C=O) groups is 1. The van der Waals surface area contributed by atoms with Gasteiger partial charge in [0.1, 0.15) is 0 Å². The number of sulfonamides is 1. The Bertz CT molecular complexity index is 1230. The van der Waals surface area contributed by atoms with Crippen molar-refractivity contribution in [2.75, 3.05) is 17.7 Å². The molecule has 0 radical (unpaired) electrons. The fourth-order valence-electron chi connectivity index (χ4n) is 3.09. The van der Waals surface area contributed by atoms with Crippen LogP contribution in [0.25, 0.3) is 0 Å². The van der Waals surface area contributed by atoms with Gasteiger partial charge in [-0.25, -0.2) is 13.6 Å². The van der Waals surface area contributed by atoms with E-state index >= 15 is 0 Å². The van der Waals surface area contributed by atoms with Crippen molar-refractivity contribution in [3.63, 3.8) is 0 Å². The Morgan fingerprint density at radius 2 is 1.74 bits per heavy atom. The van der Waals surface area contributed by atoms with Crippen LogP contribution in [0.15, 0.2) is 77.7 Å². The lowest BCUT2D eigenvalue weighted by Crippen LogP contribution is -2.24. The summed E-state index contributed by atoms with van der Waals surface area (Å²) in [7, 11) is -3.92. The summed E-state index contributed by atoms with van der Waals surface area (Å²) < 4.78 is 23.2. The predicted molar refractivity (Wildman–Crippen MR) is 119 cm³/mol. The first-order valence-corrected chi connectivity index (χ1v) is 10.8. The second-order valence-electron chi connectivity index (χ2n) is 6.88. The van der Waals surface area contributed by atoms with Crippen LogP contribution in [0.4, 0.5) is 11.4 Å². The number of aliphatic hydroxyl groups is 1. The number of hydrogen-bond acceptors (Lipinski definition) is 6. The number of rotatable bonds is 7. The van der Waals surface area contributed by atoms with Gasteiger partial charge < -0.3 is 16.2 Å². The standard InChI is InChI=1S/C22H22N4O4S/c23-20-10-9-16(26-22(28)19(13-27)14-5-2-1-3-6-14)12-18(20)21(24)15-7-4-8-17(11-15)31(25,29)30/h1-12,19,24,27H,13,23H2,(H,26,28)(H2,25,29,30). The molecule has 0 aliphatic heterocycles. The molecule has 0 fully saturated rings. The van der Waals surface area contributed by atoms with Crippen molar-refractivity contribution < 1.29 is 18.3 Å². The maximum absolute atomic E-state index is 12.7. The highest BCUT2D eigenvalue weighted by molar-refractivity contribution is 7.89. The van der Waals surface area contributed by atoms with Crippen molar-refractivity contribution in [2.24, 2.45) is 5.14 Å². The van der Waals surface area contributed by atoms with E-state index in [9.17, 15) is 18.3 Å². The molecule has 0 saturated carbocycles. The van der Waals surface area contributed by atoms with Crippen LogP contribution < -0.4 is 16.2 Å². The van der Waals surface area contributed by atoms with Crippen LogP contribution in [0.3, 0.4) is 0 Å². The summed E-state index contributed by atoms with van der Waals surface area (Å²) in [5.41, 5.74) is 7.95. The maximum atomic E-state index is 12.7. The third-order valence-corrected chi connectivity index (χ3v) is 5.65. The first-order valence-electron chi connectivity index (χ1n) is 9.29. The molecule has 3 aromatic carbocycles. The number of nitrogens with one attached hydrogen (secondary N) is 2. The van der Waals surface area contributed by atoms with Crippen molar-refractivity contribution >= 4 is 33.0 Å². The Hall–Kier alpha value is -3.53. The largest absolute Gasteiger partial charge is 0.398 e. The van der Waals surface area contributed by atoms with E-state index in [1.807, 2.05) is 6.07 Å². The molecule has 0 aliphatic carbocycles. The average molecular weight is 439 g/mol. The highest BCUT2D eigenvalue weighted by Crippen LogP contribution is 2.24. The van der Waals surface area contributed by atoms with Crippen LogP contribution in [-0.4, -0.2) is 31.8 Å². The van der Waals surface area contributed by atoms with Gasteiger partial charge in [0.15, 0.2) is 0 Å². The molecule has 1 atom stereocenters. The van der Waals surface area contributed by atoms with Crippen LogP contribution in [0.5, 0.6) is 0 Å². The van der Waals surface area contributed by atoms with Gasteiger partial charge in [0.25, 0.3) is 0 Å². The Kier molecular flexibility index (Phi) is 6.50. The Balaban J connectivity index is 1.88. The molecule has 1 amide bonds. The van der Waals surface area contributed by atoms with Crippen molar-refractivity contribution in [3.8, 4) is 0 Å². The minimum atomic E-state index is -3.92. The van der Waals surface area contributed by atoms with Crippen molar-refractivity contribution in [1.82, 2.24) is 0 Å². The van der Waals surface area contributed by atoms with E-state index < -0.39 is 21.8 Å². The first-order chi connectivity index (χ1) is 14.7. The molecule has 0 heterocycles. The molecular formula is C22H22N4O4S. The van der Waals surface area contributed by atoms with E-state index in [1.165, 1.54) is 24.3 Å². The summed E-state index contributed by atoms with van der Waals surface area (Å²) in [5, 5.41) is 26.1. The molecule has 3 aromatic rings. The zero-order valence-electron chi connectivity index (χ0n) is 16.4. The van der Waals surface area contributed by atoms with Crippen LogP contribution in [0.2, 0.25) is 0 Å². The van der Waals surface area contributed by atoms with Gasteiger partial charge >= 0.3 is 0 Å². The lowest BCUT2D eigenvalue weighted by Gasteiger charge is -2.16. The fourth-order valence-corrected chi connectivity index (χ4v) is 3.65. The molecule has 0 saturated heterocycles. The van der Waals surface area contributed by atoms with Crippen LogP contribution >= 0.6 is 0 Å². The van der Waals surface area contributed by atoms with E-state index in [1.54, 1.807) is 42.5 Å². The number of benzene rings is 3. The average Bonchev–Trinajstić information content (AvgIpc) is 2.75. The van der Waals surface area contributed by atoms with Gasteiger partial charge in [0.2, 0.25) is 15.9 Å². The molecular weight excluding hydrogens is 416 g/mol. The van der Waals surface area contributed by atoms with E-state index in [2.05, 4.69) is 5.32 Å². The summed E-state index contributed by atoms with van der Waals surface area (Å²) in [5.74, 6) is -1.17. The highest BCUT2D eigenvalue weighted by atomic mass is 32.2. The number of amides is 1. The molecule has 0 aromatic heterocycles. The third kappa shape index (κ3) is 5.15. The summed E-state index contributed by atoms with van der Waals surface area (Å²) in [4.78, 5) is 12.6. The van der Waals surface area contributed by atoms with Gasteiger partial charge in [0.05, 0.1) is 23.1 Å². The molecule has 1 unspecified atom stereocenters. The molecule has 160 valence electrons. The summed E-state index contributed by atoms with van der Waals surface area (Å²) in [6.07, 6.45) is 0. The minimum absolute atomic E-state index is 0.0270. The smallest absolute Gasteiger partial charge is 0.238 e. The Morgan fingerprint density at radius 1 is 1.03 bits per heavy atom. The Morgan fingerprint density at radius 3 is 2.39 bits per heavy atom. The van der Waals surface area contributed by atoms with Gasteiger partial charge in [-0.05, 0) is 35.9 Å². The zero-order valence-corrected chi connectivity index (χ0v) is 17.3. The molecule has 9 heteroatoms. The second-order valence-corrected chi connectivity index (χ2v) is 8.45. The van der Waals surface area contributed by atoms with Crippen LogP contribution in [0, 0.1) is 5.41 Å². The van der Waals surface area contributed by atoms with Crippen LogP contribution in [0.1, 0.15) is 22.6 Å². The van der Waals surface area contributed by atoms with Crippen LogP contribution in [-0.2, 0) is 14.8 Å². The quantitative estimate of drug-likeness (QED) is 0.281. The minimum Gasteiger partial charge on any atom is -0.398 e. The topological polar surface area (TPSA) is 159 Å². The Labute approximate surface area is 180 Å². The molecule has 3 rings (SSSR count). The molecule has 31 heavy (non-hydrogen) atoms. The lowest BCUT2D eigenvalue weighted by molar-refractivity contribution is -0.118. The third-order valence-electron chi connectivity index (χ3n) is 4.74. The number of anilines is 2. The molecule has 0 spiro atoms. The fraction of sp³-hybridized carbons (Fsp3) is 0.0909. The molecule has 0 bridgehead atoms. The lowest BCUT2D eigenvalue weighted by atomic mass is 9.98. The van der Waals surface area contributed by atoms with Gasteiger partial charge in [-0.15, -0.1) is 0 Å². The van der Waals surface area contributed by atoms with Gasteiger partial charge in [-0.3, -0.25) is 10.2 Å². The molecule has 0 aliphatic rings. The number of carbonyl (C=O) groups excluding carboxylic acids is 1. The van der Waals surface area contributed by atoms with Gasteiger partial charge in [0, 0.05) is 22.5 Å². The molecule has 7 N–H and O–H groups in total. The van der Waals surface area contributed by atoms with E-state index in [0.29, 0.717) is 22.4 Å². The molecule has 8 nitrogen and oxygen atoms in total. The monoisotopic (exact) mass is 438 g/mol. The normalized spacial score (nSPS) is 12.2. The zero-order chi connectivity index (χ0) is 22.6. The van der Waals surface area contributed by atoms with E-state index in [4.69, 9.17) is 16.3 Å². The predicted octanol–water partition coefficient (Wildman–Crippen LogP) is 2.05. The summed E-state index contributed by atoms with van der Waals surface area (Å²) in [6, 6.07) is 19.2. The van der Waals surface area contributed by atoms with E-state index in [0.717, 1.165) is 0 Å². The number of primary sulfonamides is 1. The SMILES string of the molecule is N=C(c1cccc(S(N)(=O)=O)c1)c1cc(NC(=O)C(CO)c2ccccc2)ccc1N. The number of aliphatic hydroxyl groups excluding tert-OH is 1. The van der Waals surface area contributed by atoms with Gasteiger partial charge in [-0.1, -0.05) is 42.5 Å². The second kappa shape index (κ2) is 9.09. The number of nitrogen functional groups attached to an aromatic ring is 1. The van der Waals surface area contributed by atoms with Gasteiger partial charge in [-0.2, -0.15) is 0 Å². The van der Waals surface area contributed by atoms with Crippen molar-refractivity contribution in [3.05, 3.63) is 89.5 Å². The number of nitrogens with two attached hydrogens (primary N) is 2. The maximum Gasteiger partial charge on any atom is 0.238 e. The van der Waals surface area contributed by atoms with E-state index in [-0.39, 0.29) is 22.9 Å². The van der Waals surface area contributed by atoms with Crippen molar-refractivity contribution in [2.45, 2.75) is 10.8 Å². The van der Waals surface area contributed by atoms with Crippen molar-refractivity contribution in [1.29, 1.82) is 5.41 Å². The number of hydrogen-bond donors (Lipinski definition) is 5. The first kappa shape index (κ1) is 22.2. The summed E-state index contributed by atoms with van der Waals surface area (Å²) >= 11 is 0.